The first-order valence-electron chi connectivity index (χ1n) is 28.8. The highest BCUT2D eigenvalue weighted by atomic mass is 79.9. The van der Waals surface area contributed by atoms with Crippen LogP contribution in [-0.2, 0) is 10.8 Å². The van der Waals surface area contributed by atoms with Gasteiger partial charge in [-0.05, 0) is 101 Å². The van der Waals surface area contributed by atoms with Gasteiger partial charge in [-0.2, -0.15) is 0 Å². The van der Waals surface area contributed by atoms with Crippen LogP contribution in [0, 0.1) is 11.6 Å². The molecule has 0 radical (unpaired) electrons. The maximum Gasteiger partial charge on any atom is 0.150 e. The summed E-state index contributed by atoms with van der Waals surface area (Å²) in [5.41, 5.74) is 5.61. The van der Waals surface area contributed by atoms with Crippen LogP contribution in [0.1, 0.15) is 281 Å². The molecule has 70 heavy (non-hydrogen) atoms. The van der Waals surface area contributed by atoms with Crippen LogP contribution in [0.4, 0.5) is 8.78 Å². The van der Waals surface area contributed by atoms with Gasteiger partial charge in [-0.25, -0.2) is 18.0 Å². The van der Waals surface area contributed by atoms with E-state index >= 15 is 8.78 Å². The second kappa shape index (κ2) is 27.5. The molecule has 0 fully saturated rings. The lowest BCUT2D eigenvalue weighted by Crippen LogP contribution is -2.29. The Balaban J connectivity index is 1.38. The SMILES string of the molecule is CCCCCCCCCCC1(CCCCCCCCCC)c2cc(Br)c3nonc3c2-c2c(F)c3c(c(F)c21)-c1c(cc(Br)c2nonc12)C3(CCCCCCCCCC)CCCCCCCCCC. The Bertz CT molecular complexity index is 2200. The highest BCUT2D eigenvalue weighted by Gasteiger charge is 2.55. The van der Waals surface area contributed by atoms with Crippen LogP contribution in [-0.4, -0.2) is 20.6 Å². The lowest BCUT2D eigenvalue weighted by molar-refractivity contribution is 0.315. The molecule has 5 aromatic rings. The van der Waals surface area contributed by atoms with E-state index in [0.29, 0.717) is 55.4 Å². The van der Waals surface area contributed by atoms with Crippen molar-refractivity contribution >= 4 is 53.9 Å². The Kier molecular flexibility index (Phi) is 21.7. The van der Waals surface area contributed by atoms with Crippen molar-refractivity contribution in [1.29, 1.82) is 0 Å². The number of hydrogen-bond donors (Lipinski definition) is 0. The summed E-state index contributed by atoms with van der Waals surface area (Å²) in [5.74, 6) is -0.604. The van der Waals surface area contributed by atoms with Crippen LogP contribution >= 0.6 is 31.9 Å². The number of halogens is 4. The summed E-state index contributed by atoms with van der Waals surface area (Å²) < 4.78 is 51.4. The van der Waals surface area contributed by atoms with Crippen molar-refractivity contribution in [1.82, 2.24) is 20.6 Å². The monoisotopic (exact) mass is 1090 g/mol. The van der Waals surface area contributed by atoms with E-state index in [-0.39, 0.29) is 11.6 Å². The van der Waals surface area contributed by atoms with Crippen molar-refractivity contribution in [3.8, 4) is 22.3 Å². The number of rotatable bonds is 36. The molecule has 6 nitrogen and oxygen atoms in total. The number of benzene rings is 3. The number of nitrogens with zero attached hydrogens (tertiary/aromatic N) is 4. The minimum absolute atomic E-state index is 0.302. The van der Waals surface area contributed by atoms with E-state index in [9.17, 15) is 0 Å². The van der Waals surface area contributed by atoms with Crippen molar-refractivity contribution < 1.29 is 18.0 Å². The molecule has 0 bridgehead atoms. The second-order valence-electron chi connectivity index (χ2n) is 21.7. The fourth-order valence-corrected chi connectivity index (χ4v) is 13.9. The van der Waals surface area contributed by atoms with Crippen LogP contribution < -0.4 is 0 Å². The van der Waals surface area contributed by atoms with Gasteiger partial charge in [0.05, 0.1) is 0 Å². The molecule has 2 aromatic heterocycles. The quantitative estimate of drug-likeness (QED) is 0.0372. The average molecular weight is 1090 g/mol. The zero-order chi connectivity index (χ0) is 49.4. The smallest absolute Gasteiger partial charge is 0.150 e. The molecular weight excluding hydrogens is 1010 g/mol. The summed E-state index contributed by atoms with van der Waals surface area (Å²) >= 11 is 7.74. The molecule has 2 aliphatic rings. The number of aromatic nitrogens is 4. The van der Waals surface area contributed by atoms with E-state index in [1.807, 2.05) is 0 Å². The van der Waals surface area contributed by atoms with E-state index in [1.54, 1.807) is 0 Å². The third-order valence-electron chi connectivity index (χ3n) is 16.7. The average Bonchev–Trinajstić information content (AvgIpc) is 4.16. The Morgan fingerprint density at radius 3 is 0.871 bits per heavy atom. The Labute approximate surface area is 437 Å². The summed E-state index contributed by atoms with van der Waals surface area (Å²) in [6, 6.07) is 4.25. The molecule has 3 aromatic carbocycles. The molecule has 0 atom stereocenters. The highest BCUT2D eigenvalue weighted by molar-refractivity contribution is 9.11. The maximum absolute atomic E-state index is 19.4. The second-order valence-corrected chi connectivity index (χ2v) is 23.4. The molecule has 2 heterocycles. The van der Waals surface area contributed by atoms with Crippen LogP contribution in [0.2, 0.25) is 0 Å². The zero-order valence-electron chi connectivity index (χ0n) is 43.7. The van der Waals surface area contributed by atoms with Gasteiger partial charge in [0.15, 0.2) is 0 Å². The normalized spacial score (nSPS) is 14.3. The molecule has 0 aliphatic heterocycles. The summed E-state index contributed by atoms with van der Waals surface area (Å²) in [6.07, 6.45) is 40.4. The third kappa shape index (κ3) is 12.1. The first-order valence-corrected chi connectivity index (χ1v) is 30.4. The summed E-state index contributed by atoms with van der Waals surface area (Å²) in [6.45, 7) is 9.05. The van der Waals surface area contributed by atoms with Gasteiger partial charge in [-0.15, -0.1) is 0 Å². The number of fused-ring (bicyclic) bond motifs is 10. The molecule has 0 saturated heterocycles. The Morgan fingerprint density at radius 1 is 0.357 bits per heavy atom. The molecule has 7 rings (SSSR count). The highest BCUT2D eigenvalue weighted by Crippen LogP contribution is 2.65. The topological polar surface area (TPSA) is 77.8 Å². The largest absolute Gasteiger partial charge is 0.243 e. The minimum Gasteiger partial charge on any atom is -0.243 e. The Morgan fingerprint density at radius 2 is 0.600 bits per heavy atom. The maximum atomic E-state index is 19.4. The van der Waals surface area contributed by atoms with Crippen LogP contribution in [0.25, 0.3) is 44.3 Å². The van der Waals surface area contributed by atoms with E-state index in [1.165, 1.54) is 128 Å². The van der Waals surface area contributed by atoms with Gasteiger partial charge in [-0.1, -0.05) is 233 Å². The first-order chi connectivity index (χ1) is 34.3. The molecule has 0 amide bonds. The van der Waals surface area contributed by atoms with Crippen molar-refractivity contribution in [3.63, 3.8) is 0 Å². The fraction of sp³-hybridized carbons (Fsp3) is 0.700. The van der Waals surface area contributed by atoms with Crippen molar-refractivity contribution in [3.05, 3.63) is 55.0 Å². The molecule has 0 unspecified atom stereocenters. The van der Waals surface area contributed by atoms with E-state index in [2.05, 4.69) is 92.3 Å². The first kappa shape index (κ1) is 55.0. The summed E-state index contributed by atoms with van der Waals surface area (Å²) in [4.78, 5) is 0. The van der Waals surface area contributed by atoms with E-state index in [4.69, 9.17) is 9.26 Å². The van der Waals surface area contributed by atoms with Gasteiger partial charge < -0.3 is 0 Å². The summed E-state index contributed by atoms with van der Waals surface area (Å²) in [5, 5.41) is 17.8. The molecule has 10 heteroatoms. The van der Waals surface area contributed by atoms with E-state index < -0.39 is 10.8 Å². The molecule has 0 saturated carbocycles. The number of unbranched alkanes of at least 4 members (excludes halogenated alkanes) is 28. The van der Waals surface area contributed by atoms with Gasteiger partial charge in [0.1, 0.15) is 33.7 Å². The molecule has 0 N–H and O–H groups in total. The molecule has 0 spiro atoms. The standard InChI is InChI=1S/C60H86Br2F2N4O2/c1-5-9-13-17-21-25-29-33-37-59(38-34-30-26-22-18-14-10-6-2)43-41-45(61)55-57(67-69-65-55)47(43)49-51(59)53(63)50-48-44(42-46(62)56-58(48)68-70-66-56)60(52(50)54(49)64,39-35-31-27-23-19-15-11-7-3)40-36-32-28-24-20-16-12-8-4/h41-42H,5-40H2,1-4H3. The van der Waals surface area contributed by atoms with Gasteiger partial charge in [0.25, 0.3) is 0 Å². The molecule has 386 valence electrons. The Hall–Kier alpha value is -2.72. The summed E-state index contributed by atoms with van der Waals surface area (Å²) in [7, 11) is 0. The predicted molar refractivity (Wildman–Crippen MR) is 294 cm³/mol. The van der Waals surface area contributed by atoms with Crippen LogP contribution in [0.15, 0.2) is 30.3 Å². The lowest BCUT2D eigenvalue weighted by Gasteiger charge is -2.35. The van der Waals surface area contributed by atoms with Gasteiger partial charge in [0, 0.05) is 53.2 Å². The van der Waals surface area contributed by atoms with Gasteiger partial charge in [-0.3, -0.25) is 0 Å². The number of hydrogen-bond acceptors (Lipinski definition) is 6. The van der Waals surface area contributed by atoms with Gasteiger partial charge >= 0.3 is 0 Å². The van der Waals surface area contributed by atoms with Crippen LogP contribution in [0.5, 0.6) is 0 Å². The lowest BCUT2D eigenvalue weighted by atomic mass is 9.68. The van der Waals surface area contributed by atoms with Crippen molar-refractivity contribution in [2.24, 2.45) is 0 Å². The molecule has 2 aliphatic carbocycles. The van der Waals surface area contributed by atoms with E-state index in [0.717, 1.165) is 123 Å². The predicted octanol–water partition coefficient (Wildman–Crippen LogP) is 21.2. The van der Waals surface area contributed by atoms with Gasteiger partial charge in [0.2, 0.25) is 0 Å². The van der Waals surface area contributed by atoms with Crippen LogP contribution in [0.3, 0.4) is 0 Å². The third-order valence-corrected chi connectivity index (χ3v) is 17.9. The molecular formula is C60H86Br2F2N4O2. The van der Waals surface area contributed by atoms with Crippen molar-refractivity contribution in [2.75, 3.05) is 0 Å². The minimum atomic E-state index is -0.776. The van der Waals surface area contributed by atoms with Crippen molar-refractivity contribution in [2.45, 2.75) is 270 Å². The fourth-order valence-electron chi connectivity index (χ4n) is 12.9. The zero-order valence-corrected chi connectivity index (χ0v) is 46.9.